The van der Waals surface area contributed by atoms with Gasteiger partial charge in [0.05, 0.1) is 37.8 Å². The molecule has 0 atom stereocenters. The van der Waals surface area contributed by atoms with Crippen LogP contribution in [-0.2, 0) is 9.53 Å². The van der Waals surface area contributed by atoms with Crippen LogP contribution in [0.15, 0.2) is 0 Å². The molecule has 0 rings (SSSR count). The van der Waals surface area contributed by atoms with E-state index in [1.807, 2.05) is 0 Å². The largest absolute Gasteiger partial charge is 0.463 e. The highest BCUT2D eigenvalue weighted by Crippen LogP contribution is 2.20. The lowest BCUT2D eigenvalue weighted by atomic mass is 9.87. The topological polar surface area (TPSA) is 87.0 Å². The molecule has 0 spiro atoms. The van der Waals surface area contributed by atoms with Crippen molar-refractivity contribution in [1.29, 1.82) is 0 Å². The Bertz CT molecular complexity index is 166. The number of carbonyl (C=O) groups excluding carboxylic acids is 1. The summed E-state index contributed by atoms with van der Waals surface area (Å²) in [5, 5.41) is 26.8. The van der Waals surface area contributed by atoms with Gasteiger partial charge in [0.2, 0.25) is 0 Å². The first-order valence-electron chi connectivity index (χ1n) is 4.52. The van der Waals surface area contributed by atoms with Crippen LogP contribution < -0.4 is 0 Å². The Hall–Kier alpha value is -0.650. The minimum absolute atomic E-state index is 0.186. The second kappa shape index (κ2) is 5.95. The van der Waals surface area contributed by atoms with Crippen LogP contribution in [0.5, 0.6) is 0 Å². The fourth-order valence-electron chi connectivity index (χ4n) is 0.928. The molecule has 3 N–H and O–H groups in total. The molecule has 0 aromatic rings. The molecule has 84 valence electrons. The average molecular weight is 206 g/mol. The van der Waals surface area contributed by atoms with E-state index in [1.165, 1.54) is 0 Å². The van der Waals surface area contributed by atoms with E-state index in [0.29, 0.717) is 0 Å². The molecular weight excluding hydrogens is 188 g/mol. The zero-order chi connectivity index (χ0) is 11.2. The molecule has 0 bridgehead atoms. The molecule has 0 saturated carbocycles. The lowest BCUT2D eigenvalue weighted by Gasteiger charge is -2.26. The molecule has 0 aliphatic heterocycles. The zero-order valence-electron chi connectivity index (χ0n) is 8.56. The Morgan fingerprint density at radius 1 is 1.21 bits per heavy atom. The molecule has 0 aromatic carbocycles. The SMILES string of the molecule is CC(C)OC(=O)CC(CO)(CO)CO. The summed E-state index contributed by atoms with van der Waals surface area (Å²) in [5.41, 5.74) is -1.17. The average Bonchev–Trinajstić information content (AvgIpc) is 2.13. The fraction of sp³-hybridized carbons (Fsp3) is 0.889. The normalized spacial score (nSPS) is 11.9. The standard InChI is InChI=1S/C9H18O5/c1-7(2)14-8(13)3-9(4-10,5-11)6-12/h7,10-12H,3-6H2,1-2H3. The summed E-state index contributed by atoms with van der Waals surface area (Å²) in [5.74, 6) is -0.530. The first kappa shape index (κ1) is 13.4. The van der Waals surface area contributed by atoms with E-state index in [-0.39, 0.29) is 12.5 Å². The molecule has 0 saturated heterocycles. The lowest BCUT2D eigenvalue weighted by Crippen LogP contribution is -2.37. The molecule has 5 nitrogen and oxygen atoms in total. The van der Waals surface area contributed by atoms with Crippen LogP contribution in [-0.4, -0.2) is 47.2 Å². The Morgan fingerprint density at radius 3 is 1.93 bits per heavy atom. The van der Waals surface area contributed by atoms with Gasteiger partial charge in [0.25, 0.3) is 0 Å². The fourth-order valence-corrected chi connectivity index (χ4v) is 0.928. The van der Waals surface area contributed by atoms with E-state index in [9.17, 15) is 4.79 Å². The molecule has 0 amide bonds. The highest BCUT2D eigenvalue weighted by Gasteiger charge is 2.32. The quantitative estimate of drug-likeness (QED) is 0.500. The van der Waals surface area contributed by atoms with E-state index in [0.717, 1.165) is 0 Å². The number of aliphatic hydroxyl groups excluding tert-OH is 3. The van der Waals surface area contributed by atoms with Gasteiger partial charge in [-0.25, -0.2) is 0 Å². The Balaban J connectivity index is 4.22. The minimum Gasteiger partial charge on any atom is -0.463 e. The molecule has 14 heavy (non-hydrogen) atoms. The molecule has 0 radical (unpaired) electrons. The van der Waals surface area contributed by atoms with Gasteiger partial charge in [-0.3, -0.25) is 4.79 Å². The predicted octanol–water partition coefficient (Wildman–Crippen LogP) is -0.709. The molecule has 0 heterocycles. The van der Waals surface area contributed by atoms with Crippen molar-refractivity contribution >= 4 is 5.97 Å². The maximum atomic E-state index is 11.2. The van der Waals surface area contributed by atoms with Gasteiger partial charge in [-0.1, -0.05) is 0 Å². The third kappa shape index (κ3) is 4.04. The molecule has 0 aliphatic carbocycles. The second-order valence-corrected chi connectivity index (χ2v) is 3.69. The number of aliphatic hydroxyl groups is 3. The van der Waals surface area contributed by atoms with Crippen LogP contribution in [0.25, 0.3) is 0 Å². The Morgan fingerprint density at radius 2 is 1.64 bits per heavy atom. The minimum atomic E-state index is -1.17. The van der Waals surface area contributed by atoms with E-state index >= 15 is 0 Å². The highest BCUT2D eigenvalue weighted by atomic mass is 16.5. The van der Waals surface area contributed by atoms with Crippen LogP contribution in [0.2, 0.25) is 0 Å². The van der Waals surface area contributed by atoms with Crippen molar-refractivity contribution in [3.05, 3.63) is 0 Å². The van der Waals surface area contributed by atoms with Crippen molar-refractivity contribution in [2.24, 2.45) is 5.41 Å². The van der Waals surface area contributed by atoms with Gasteiger partial charge in [0.1, 0.15) is 0 Å². The summed E-state index contributed by atoms with van der Waals surface area (Å²) >= 11 is 0. The van der Waals surface area contributed by atoms with Gasteiger partial charge in [-0.2, -0.15) is 0 Å². The molecule has 0 aromatic heterocycles. The van der Waals surface area contributed by atoms with Crippen LogP contribution in [0.1, 0.15) is 20.3 Å². The van der Waals surface area contributed by atoms with Crippen LogP contribution >= 0.6 is 0 Å². The Kier molecular flexibility index (Phi) is 5.68. The smallest absolute Gasteiger partial charge is 0.306 e. The molecule has 5 heteroatoms. The van der Waals surface area contributed by atoms with Crippen molar-refractivity contribution in [2.45, 2.75) is 26.4 Å². The van der Waals surface area contributed by atoms with Gasteiger partial charge >= 0.3 is 5.97 Å². The molecular formula is C9H18O5. The number of hydrogen-bond donors (Lipinski definition) is 3. The van der Waals surface area contributed by atoms with Gasteiger partial charge in [0, 0.05) is 0 Å². The summed E-state index contributed by atoms with van der Waals surface area (Å²) in [7, 11) is 0. The van der Waals surface area contributed by atoms with Gasteiger partial charge in [-0.15, -0.1) is 0 Å². The van der Waals surface area contributed by atoms with Crippen LogP contribution in [0.4, 0.5) is 0 Å². The lowest BCUT2D eigenvalue weighted by molar-refractivity contribution is -0.153. The number of rotatable bonds is 6. The number of carbonyl (C=O) groups is 1. The first-order chi connectivity index (χ1) is 6.49. The van der Waals surface area contributed by atoms with Crippen LogP contribution in [0, 0.1) is 5.41 Å². The predicted molar refractivity (Wildman–Crippen MR) is 49.5 cm³/mol. The van der Waals surface area contributed by atoms with E-state index < -0.39 is 31.2 Å². The van der Waals surface area contributed by atoms with Gasteiger partial charge < -0.3 is 20.1 Å². The number of hydrogen-bond acceptors (Lipinski definition) is 5. The summed E-state index contributed by atoms with van der Waals surface area (Å²) < 4.78 is 4.84. The van der Waals surface area contributed by atoms with Gasteiger partial charge in [-0.05, 0) is 13.8 Å². The summed E-state index contributed by atoms with van der Waals surface area (Å²) in [6.07, 6.45) is -0.425. The van der Waals surface area contributed by atoms with Crippen LogP contribution in [0.3, 0.4) is 0 Å². The monoisotopic (exact) mass is 206 g/mol. The van der Waals surface area contributed by atoms with Crippen molar-refractivity contribution in [1.82, 2.24) is 0 Å². The Labute approximate surface area is 83.3 Å². The van der Waals surface area contributed by atoms with Crippen molar-refractivity contribution in [3.63, 3.8) is 0 Å². The first-order valence-corrected chi connectivity index (χ1v) is 4.52. The van der Waals surface area contributed by atoms with Crippen molar-refractivity contribution in [2.75, 3.05) is 19.8 Å². The van der Waals surface area contributed by atoms with Gasteiger partial charge in [0.15, 0.2) is 0 Å². The highest BCUT2D eigenvalue weighted by molar-refractivity contribution is 5.70. The third-order valence-corrected chi connectivity index (χ3v) is 1.89. The zero-order valence-corrected chi connectivity index (χ0v) is 8.56. The molecule has 0 fully saturated rings. The summed E-state index contributed by atoms with van der Waals surface area (Å²) in [6, 6.07) is 0. The summed E-state index contributed by atoms with van der Waals surface area (Å²) in [6.45, 7) is 2.06. The molecule has 0 unspecified atom stereocenters. The maximum Gasteiger partial charge on any atom is 0.306 e. The van der Waals surface area contributed by atoms with E-state index in [1.54, 1.807) is 13.8 Å². The van der Waals surface area contributed by atoms with E-state index in [4.69, 9.17) is 20.1 Å². The number of ether oxygens (including phenoxy) is 1. The van der Waals surface area contributed by atoms with Crippen molar-refractivity contribution in [3.8, 4) is 0 Å². The third-order valence-electron chi connectivity index (χ3n) is 1.89. The van der Waals surface area contributed by atoms with Crippen molar-refractivity contribution < 1.29 is 24.9 Å². The second-order valence-electron chi connectivity index (χ2n) is 3.69. The maximum absolute atomic E-state index is 11.2. The van der Waals surface area contributed by atoms with E-state index in [2.05, 4.69) is 0 Å². The summed E-state index contributed by atoms with van der Waals surface area (Å²) in [4.78, 5) is 11.2. The molecule has 0 aliphatic rings. The number of esters is 1.